The van der Waals surface area contributed by atoms with Crippen LogP contribution in [0.4, 0.5) is 0 Å². The van der Waals surface area contributed by atoms with Crippen molar-refractivity contribution >= 4 is 0 Å². The van der Waals surface area contributed by atoms with Crippen molar-refractivity contribution < 1.29 is 0 Å². The Labute approximate surface area is 178 Å². The van der Waals surface area contributed by atoms with Gasteiger partial charge in [0.1, 0.15) is 0 Å². The summed E-state index contributed by atoms with van der Waals surface area (Å²) in [6, 6.07) is 20.8. The molecule has 0 radical (unpaired) electrons. The van der Waals surface area contributed by atoms with E-state index in [1.165, 1.54) is 86.5 Å². The van der Waals surface area contributed by atoms with E-state index in [4.69, 9.17) is 5.26 Å². The van der Waals surface area contributed by atoms with Crippen LogP contribution < -0.4 is 0 Å². The van der Waals surface area contributed by atoms with Crippen molar-refractivity contribution in [3.05, 3.63) is 59.7 Å². The lowest BCUT2D eigenvalue weighted by Crippen LogP contribution is -2.13. The summed E-state index contributed by atoms with van der Waals surface area (Å²) in [4.78, 5) is 0. The van der Waals surface area contributed by atoms with Gasteiger partial charge in [0.05, 0.1) is 6.07 Å². The SMILES string of the molecule is CCCCCCCc1ccc(-c2ccc(CC[C@H]3CC[C@H](C#N)CC3)cc2)cc1. The predicted octanol–water partition coefficient (Wildman–Crippen LogP) is 8.13. The van der Waals surface area contributed by atoms with Crippen LogP contribution in [0, 0.1) is 23.2 Å². The maximum atomic E-state index is 9.04. The molecule has 2 aromatic rings. The minimum absolute atomic E-state index is 0.318. The van der Waals surface area contributed by atoms with Gasteiger partial charge < -0.3 is 0 Å². The number of unbranched alkanes of at least 4 members (excludes halogenated alkanes) is 4. The van der Waals surface area contributed by atoms with E-state index >= 15 is 0 Å². The number of rotatable bonds is 10. The molecule has 0 spiro atoms. The van der Waals surface area contributed by atoms with Gasteiger partial charge in [0, 0.05) is 5.92 Å². The van der Waals surface area contributed by atoms with Gasteiger partial charge in [-0.1, -0.05) is 81.1 Å². The lowest BCUT2D eigenvalue weighted by atomic mass is 9.80. The van der Waals surface area contributed by atoms with E-state index < -0.39 is 0 Å². The van der Waals surface area contributed by atoms with Crippen molar-refractivity contribution in [1.82, 2.24) is 0 Å². The molecule has 0 N–H and O–H groups in total. The van der Waals surface area contributed by atoms with Crippen molar-refractivity contribution in [3.8, 4) is 17.2 Å². The fraction of sp³-hybridized carbons (Fsp3) is 0.536. The van der Waals surface area contributed by atoms with Gasteiger partial charge >= 0.3 is 0 Å². The number of hydrogen-bond donors (Lipinski definition) is 0. The topological polar surface area (TPSA) is 23.8 Å². The monoisotopic (exact) mass is 387 g/mol. The van der Waals surface area contributed by atoms with Crippen molar-refractivity contribution in [2.24, 2.45) is 11.8 Å². The van der Waals surface area contributed by atoms with Crippen LogP contribution in [0.15, 0.2) is 48.5 Å². The second-order valence-electron chi connectivity index (χ2n) is 8.94. The number of nitriles is 1. The van der Waals surface area contributed by atoms with Crippen LogP contribution in [0.2, 0.25) is 0 Å². The van der Waals surface area contributed by atoms with Gasteiger partial charge in [-0.3, -0.25) is 0 Å². The van der Waals surface area contributed by atoms with Crippen molar-refractivity contribution in [1.29, 1.82) is 5.26 Å². The van der Waals surface area contributed by atoms with Crippen LogP contribution in [0.3, 0.4) is 0 Å². The second kappa shape index (κ2) is 11.8. The summed E-state index contributed by atoms with van der Waals surface area (Å²) < 4.78 is 0. The Balaban J connectivity index is 1.44. The van der Waals surface area contributed by atoms with Gasteiger partial charge in [-0.15, -0.1) is 0 Å². The van der Waals surface area contributed by atoms with Crippen LogP contribution >= 0.6 is 0 Å². The first-order chi connectivity index (χ1) is 14.3. The van der Waals surface area contributed by atoms with Gasteiger partial charge in [0.2, 0.25) is 0 Å². The molecule has 0 unspecified atom stereocenters. The Bertz CT molecular complexity index is 742. The lowest BCUT2D eigenvalue weighted by molar-refractivity contribution is 0.300. The molecular formula is C28H37N. The van der Waals surface area contributed by atoms with E-state index in [-0.39, 0.29) is 0 Å². The van der Waals surface area contributed by atoms with Gasteiger partial charge in [0.15, 0.2) is 0 Å². The van der Waals surface area contributed by atoms with Crippen molar-refractivity contribution in [2.75, 3.05) is 0 Å². The summed E-state index contributed by atoms with van der Waals surface area (Å²) >= 11 is 0. The highest BCUT2D eigenvalue weighted by Crippen LogP contribution is 2.31. The molecule has 0 aliphatic heterocycles. The summed E-state index contributed by atoms with van der Waals surface area (Å²) in [7, 11) is 0. The van der Waals surface area contributed by atoms with Crippen molar-refractivity contribution in [3.63, 3.8) is 0 Å². The molecule has 1 fully saturated rings. The van der Waals surface area contributed by atoms with Crippen molar-refractivity contribution in [2.45, 2.75) is 84.0 Å². The molecule has 0 amide bonds. The summed E-state index contributed by atoms with van der Waals surface area (Å²) in [6.45, 7) is 2.27. The van der Waals surface area contributed by atoms with Crippen LogP contribution in [-0.4, -0.2) is 0 Å². The molecule has 154 valence electrons. The molecule has 0 bridgehead atoms. The van der Waals surface area contributed by atoms with E-state index in [0.717, 1.165) is 18.8 Å². The van der Waals surface area contributed by atoms with E-state index in [0.29, 0.717) is 5.92 Å². The van der Waals surface area contributed by atoms with Crippen LogP contribution in [0.25, 0.3) is 11.1 Å². The van der Waals surface area contributed by atoms with Gasteiger partial charge in [-0.05, 0) is 79.5 Å². The van der Waals surface area contributed by atoms with E-state index in [9.17, 15) is 0 Å². The maximum absolute atomic E-state index is 9.04. The highest BCUT2D eigenvalue weighted by atomic mass is 14.3. The molecule has 29 heavy (non-hydrogen) atoms. The third kappa shape index (κ3) is 7.04. The molecule has 1 heteroatoms. The zero-order valence-corrected chi connectivity index (χ0v) is 18.2. The lowest BCUT2D eigenvalue weighted by Gasteiger charge is -2.24. The average Bonchev–Trinajstić information content (AvgIpc) is 2.79. The quantitative estimate of drug-likeness (QED) is 0.377. The Morgan fingerprint density at radius 1 is 0.724 bits per heavy atom. The maximum Gasteiger partial charge on any atom is 0.0655 e. The summed E-state index contributed by atoms with van der Waals surface area (Å²) in [5, 5.41) is 9.04. The molecule has 2 aromatic carbocycles. The summed E-state index contributed by atoms with van der Waals surface area (Å²) in [5.41, 5.74) is 5.55. The fourth-order valence-corrected chi connectivity index (χ4v) is 4.61. The Morgan fingerprint density at radius 2 is 1.28 bits per heavy atom. The molecule has 0 atom stereocenters. The van der Waals surface area contributed by atoms with Gasteiger partial charge in [0.25, 0.3) is 0 Å². The average molecular weight is 388 g/mol. The molecule has 1 aliphatic carbocycles. The first-order valence-electron chi connectivity index (χ1n) is 11.9. The Morgan fingerprint density at radius 3 is 1.83 bits per heavy atom. The fourth-order valence-electron chi connectivity index (χ4n) is 4.61. The number of hydrogen-bond acceptors (Lipinski definition) is 1. The second-order valence-corrected chi connectivity index (χ2v) is 8.94. The number of benzene rings is 2. The molecule has 1 nitrogen and oxygen atoms in total. The minimum Gasteiger partial charge on any atom is -0.198 e. The first kappa shape index (κ1) is 21.6. The number of aryl methyl sites for hydroxylation is 2. The van der Waals surface area contributed by atoms with Crippen LogP contribution in [0.1, 0.15) is 82.3 Å². The molecule has 1 saturated carbocycles. The summed E-state index contributed by atoms with van der Waals surface area (Å²) in [5.74, 6) is 1.13. The third-order valence-electron chi connectivity index (χ3n) is 6.68. The summed E-state index contributed by atoms with van der Waals surface area (Å²) in [6.07, 6.45) is 15.1. The molecule has 0 aromatic heterocycles. The minimum atomic E-state index is 0.318. The zero-order chi connectivity index (χ0) is 20.3. The first-order valence-corrected chi connectivity index (χ1v) is 11.9. The third-order valence-corrected chi connectivity index (χ3v) is 6.68. The molecule has 0 saturated heterocycles. The van der Waals surface area contributed by atoms with Gasteiger partial charge in [-0.2, -0.15) is 5.26 Å². The van der Waals surface area contributed by atoms with E-state index in [1.54, 1.807) is 0 Å². The van der Waals surface area contributed by atoms with Gasteiger partial charge in [-0.25, -0.2) is 0 Å². The number of nitrogens with zero attached hydrogens (tertiary/aromatic N) is 1. The Kier molecular flexibility index (Phi) is 8.82. The van der Waals surface area contributed by atoms with E-state index in [2.05, 4.69) is 61.5 Å². The molecule has 0 heterocycles. The highest BCUT2D eigenvalue weighted by molar-refractivity contribution is 5.63. The molecule has 1 aliphatic rings. The zero-order valence-electron chi connectivity index (χ0n) is 18.2. The smallest absolute Gasteiger partial charge is 0.0655 e. The highest BCUT2D eigenvalue weighted by Gasteiger charge is 2.20. The molecular weight excluding hydrogens is 350 g/mol. The normalized spacial score (nSPS) is 19.0. The Hall–Kier alpha value is -2.07. The standard InChI is InChI=1S/C28H37N/c1-2-3-4-5-6-7-23-14-18-27(19-15-23)28-20-16-25(17-21-28)9-8-24-10-12-26(22-29)13-11-24/h14-21,24,26H,2-13H2,1H3/t24-,26-. The predicted molar refractivity (Wildman–Crippen MR) is 124 cm³/mol. The van der Waals surface area contributed by atoms with Crippen LogP contribution in [-0.2, 0) is 12.8 Å². The largest absolute Gasteiger partial charge is 0.198 e. The van der Waals surface area contributed by atoms with Crippen LogP contribution in [0.5, 0.6) is 0 Å². The van der Waals surface area contributed by atoms with E-state index in [1.807, 2.05) is 0 Å². The molecule has 3 rings (SSSR count).